The Labute approximate surface area is 109 Å². The number of H-pyrrole nitrogens is 2. The van der Waals surface area contributed by atoms with E-state index in [9.17, 15) is 4.79 Å². The second kappa shape index (κ2) is 4.02. The molecule has 2 heterocycles. The van der Waals surface area contributed by atoms with Crippen molar-refractivity contribution in [1.82, 2.24) is 15.2 Å². The number of aromatic nitrogens is 3. The standard InChI is InChI=1S/C11H8BrN3O3/c1-17-8-3-5(12)2-6-7(4-13-9(6)8)10-14-15-11(16)18-10/h2-4,13H,1H3,(H,15,16). The van der Waals surface area contributed by atoms with E-state index >= 15 is 0 Å². The SMILES string of the molecule is COc1cc(Br)cc2c(-c3n[nH]c(=O)o3)c[nH]c12. The average molecular weight is 310 g/mol. The molecule has 0 atom stereocenters. The van der Waals surface area contributed by atoms with E-state index in [1.54, 1.807) is 13.3 Å². The van der Waals surface area contributed by atoms with E-state index in [4.69, 9.17) is 9.15 Å². The van der Waals surface area contributed by atoms with E-state index in [2.05, 4.69) is 31.1 Å². The first-order valence-corrected chi connectivity index (χ1v) is 5.89. The Hall–Kier alpha value is -2.02. The predicted molar refractivity (Wildman–Crippen MR) is 68.7 cm³/mol. The van der Waals surface area contributed by atoms with E-state index in [-0.39, 0.29) is 5.89 Å². The van der Waals surface area contributed by atoms with Gasteiger partial charge in [-0.3, -0.25) is 0 Å². The van der Waals surface area contributed by atoms with Gasteiger partial charge in [-0.2, -0.15) is 0 Å². The number of fused-ring (bicyclic) bond motifs is 1. The quantitative estimate of drug-likeness (QED) is 0.760. The van der Waals surface area contributed by atoms with E-state index in [0.29, 0.717) is 11.3 Å². The summed E-state index contributed by atoms with van der Waals surface area (Å²) in [5.74, 6) is 0.358. The highest BCUT2D eigenvalue weighted by Gasteiger charge is 2.14. The van der Waals surface area contributed by atoms with Crippen LogP contribution in [0.1, 0.15) is 0 Å². The van der Waals surface area contributed by atoms with Crippen molar-refractivity contribution in [3.63, 3.8) is 0 Å². The molecule has 92 valence electrons. The molecular formula is C11H8BrN3O3. The maximum Gasteiger partial charge on any atom is 0.434 e. The summed E-state index contributed by atoms with van der Waals surface area (Å²) in [5, 5.41) is 6.91. The Morgan fingerprint density at radius 2 is 2.28 bits per heavy atom. The number of aromatic amines is 2. The van der Waals surface area contributed by atoms with Crippen LogP contribution in [-0.4, -0.2) is 22.3 Å². The third kappa shape index (κ3) is 1.63. The Kier molecular flexibility index (Phi) is 2.48. The number of benzene rings is 1. The minimum atomic E-state index is -0.582. The van der Waals surface area contributed by atoms with Crippen molar-refractivity contribution in [1.29, 1.82) is 0 Å². The van der Waals surface area contributed by atoms with Gasteiger partial charge < -0.3 is 14.1 Å². The Morgan fingerprint density at radius 1 is 1.44 bits per heavy atom. The van der Waals surface area contributed by atoms with Crippen molar-refractivity contribution >= 4 is 26.8 Å². The summed E-state index contributed by atoms with van der Waals surface area (Å²) in [6.45, 7) is 0. The number of hydrogen-bond acceptors (Lipinski definition) is 4. The summed E-state index contributed by atoms with van der Waals surface area (Å²) in [7, 11) is 1.59. The lowest BCUT2D eigenvalue weighted by Gasteiger charge is -2.02. The van der Waals surface area contributed by atoms with E-state index < -0.39 is 5.76 Å². The number of halogens is 1. The summed E-state index contributed by atoms with van der Waals surface area (Å²) in [4.78, 5) is 14.1. The molecule has 2 aromatic heterocycles. The lowest BCUT2D eigenvalue weighted by Crippen LogP contribution is -1.93. The molecule has 0 aliphatic heterocycles. The van der Waals surface area contributed by atoms with E-state index in [1.807, 2.05) is 12.1 Å². The van der Waals surface area contributed by atoms with Crippen molar-refractivity contribution < 1.29 is 9.15 Å². The van der Waals surface area contributed by atoms with Gasteiger partial charge in [-0.25, -0.2) is 9.89 Å². The maximum absolute atomic E-state index is 11.0. The highest BCUT2D eigenvalue weighted by Crippen LogP contribution is 2.34. The Bertz CT molecular complexity index is 771. The maximum atomic E-state index is 11.0. The molecular weight excluding hydrogens is 302 g/mol. The summed E-state index contributed by atoms with van der Waals surface area (Å²) < 4.78 is 11.1. The van der Waals surface area contributed by atoms with Gasteiger partial charge in [0.25, 0.3) is 5.89 Å². The Morgan fingerprint density at radius 3 is 2.94 bits per heavy atom. The smallest absolute Gasteiger partial charge is 0.434 e. The molecule has 0 saturated heterocycles. The van der Waals surface area contributed by atoms with Gasteiger partial charge in [-0.1, -0.05) is 15.9 Å². The first-order chi connectivity index (χ1) is 8.69. The minimum Gasteiger partial charge on any atom is -0.495 e. The highest BCUT2D eigenvalue weighted by molar-refractivity contribution is 9.10. The lowest BCUT2D eigenvalue weighted by molar-refractivity contribution is 0.419. The molecule has 0 saturated carbocycles. The Balaban J connectivity index is 2.32. The molecule has 0 radical (unpaired) electrons. The fraction of sp³-hybridized carbons (Fsp3) is 0.0909. The molecule has 3 aromatic rings. The van der Waals surface area contributed by atoms with Gasteiger partial charge in [-0.15, -0.1) is 5.10 Å². The minimum absolute atomic E-state index is 0.242. The number of hydrogen-bond donors (Lipinski definition) is 2. The van der Waals surface area contributed by atoms with Crippen molar-refractivity contribution in [3.8, 4) is 17.2 Å². The third-order valence-electron chi connectivity index (χ3n) is 2.61. The summed E-state index contributed by atoms with van der Waals surface area (Å²) in [6, 6.07) is 3.75. The normalized spacial score (nSPS) is 11.0. The molecule has 0 unspecified atom stereocenters. The number of nitrogens with one attached hydrogen (secondary N) is 2. The molecule has 0 aliphatic rings. The third-order valence-corrected chi connectivity index (χ3v) is 3.06. The molecule has 0 aliphatic carbocycles. The van der Waals surface area contributed by atoms with E-state index in [0.717, 1.165) is 15.4 Å². The molecule has 0 spiro atoms. The van der Waals surface area contributed by atoms with Gasteiger partial charge in [0.1, 0.15) is 5.75 Å². The van der Waals surface area contributed by atoms with Gasteiger partial charge in [-0.05, 0) is 12.1 Å². The van der Waals surface area contributed by atoms with Crippen LogP contribution in [0.2, 0.25) is 0 Å². The van der Waals surface area contributed by atoms with Gasteiger partial charge in [0, 0.05) is 16.1 Å². The zero-order valence-electron chi connectivity index (χ0n) is 9.28. The van der Waals surface area contributed by atoms with Crippen molar-refractivity contribution in [2.75, 3.05) is 7.11 Å². The molecule has 6 nitrogen and oxygen atoms in total. The fourth-order valence-corrected chi connectivity index (χ4v) is 2.29. The largest absolute Gasteiger partial charge is 0.495 e. The van der Waals surface area contributed by atoms with Crippen LogP contribution in [0.15, 0.2) is 32.0 Å². The molecule has 3 rings (SSSR count). The average Bonchev–Trinajstić information content (AvgIpc) is 2.93. The van der Waals surface area contributed by atoms with Crippen LogP contribution < -0.4 is 10.5 Å². The molecule has 1 aromatic carbocycles. The monoisotopic (exact) mass is 309 g/mol. The number of rotatable bonds is 2. The van der Waals surface area contributed by atoms with Crippen LogP contribution in [0.25, 0.3) is 22.4 Å². The van der Waals surface area contributed by atoms with Crippen LogP contribution in [0.4, 0.5) is 0 Å². The van der Waals surface area contributed by atoms with Crippen molar-refractivity contribution in [2.45, 2.75) is 0 Å². The number of methoxy groups -OCH3 is 1. The van der Waals surface area contributed by atoms with E-state index in [1.165, 1.54) is 0 Å². The predicted octanol–water partition coefficient (Wildman–Crippen LogP) is 2.28. The molecule has 18 heavy (non-hydrogen) atoms. The first-order valence-electron chi connectivity index (χ1n) is 5.09. The van der Waals surface area contributed by atoms with Crippen LogP contribution in [-0.2, 0) is 0 Å². The molecule has 0 amide bonds. The van der Waals surface area contributed by atoms with Gasteiger partial charge in [0.15, 0.2) is 0 Å². The van der Waals surface area contributed by atoms with Gasteiger partial charge in [0.05, 0.1) is 18.2 Å². The van der Waals surface area contributed by atoms with Gasteiger partial charge in [0.2, 0.25) is 0 Å². The van der Waals surface area contributed by atoms with Crippen molar-refractivity contribution in [3.05, 3.63) is 33.4 Å². The zero-order valence-corrected chi connectivity index (χ0v) is 10.9. The van der Waals surface area contributed by atoms with Crippen LogP contribution >= 0.6 is 15.9 Å². The molecule has 2 N–H and O–H groups in total. The second-order valence-corrected chi connectivity index (χ2v) is 4.57. The van der Waals surface area contributed by atoms with Crippen molar-refractivity contribution in [2.24, 2.45) is 0 Å². The topological polar surface area (TPSA) is 83.9 Å². The summed E-state index contributed by atoms with van der Waals surface area (Å²) in [6.07, 6.45) is 1.72. The first kappa shape index (κ1) is 11.1. The summed E-state index contributed by atoms with van der Waals surface area (Å²) >= 11 is 3.41. The van der Waals surface area contributed by atoms with Crippen LogP contribution in [0, 0.1) is 0 Å². The second-order valence-electron chi connectivity index (χ2n) is 3.65. The molecule has 7 heteroatoms. The highest BCUT2D eigenvalue weighted by atomic mass is 79.9. The number of ether oxygens (including phenoxy) is 1. The van der Waals surface area contributed by atoms with Gasteiger partial charge >= 0.3 is 5.76 Å². The molecule has 0 bridgehead atoms. The summed E-state index contributed by atoms with van der Waals surface area (Å²) in [5.41, 5.74) is 1.52. The fourth-order valence-electron chi connectivity index (χ4n) is 1.85. The number of nitrogens with zero attached hydrogens (tertiary/aromatic N) is 1. The van der Waals surface area contributed by atoms with Crippen LogP contribution in [0.5, 0.6) is 5.75 Å². The zero-order chi connectivity index (χ0) is 12.7. The molecule has 0 fully saturated rings. The lowest BCUT2D eigenvalue weighted by atomic mass is 10.1. The van der Waals surface area contributed by atoms with Crippen LogP contribution in [0.3, 0.4) is 0 Å².